The van der Waals surface area contributed by atoms with E-state index in [0.29, 0.717) is 32.7 Å². The second-order valence-corrected chi connectivity index (χ2v) is 6.98. The molecule has 1 unspecified atom stereocenters. The monoisotopic (exact) mass is 321 g/mol. The van der Waals surface area contributed by atoms with Gasteiger partial charge in [-0.1, -0.05) is 17.8 Å². The van der Waals surface area contributed by atoms with Crippen molar-refractivity contribution < 1.29 is 19.1 Å². The summed E-state index contributed by atoms with van der Waals surface area (Å²) in [5.41, 5.74) is 1.12. The molecule has 0 bridgehead atoms. The van der Waals surface area contributed by atoms with Crippen LogP contribution >= 0.6 is 11.8 Å². The van der Waals surface area contributed by atoms with Gasteiger partial charge in [0.1, 0.15) is 13.2 Å². The molecule has 0 spiro atoms. The van der Waals surface area contributed by atoms with Crippen LogP contribution in [0.2, 0.25) is 0 Å². The number of carbonyl (C=O) groups excluding carboxylic acids is 2. The van der Waals surface area contributed by atoms with Crippen LogP contribution < -0.4 is 9.47 Å². The number of amides is 1. The van der Waals surface area contributed by atoms with E-state index < -0.39 is 0 Å². The summed E-state index contributed by atoms with van der Waals surface area (Å²) in [6, 6.07) is 5.91. The number of hydrogen-bond donors (Lipinski definition) is 0. The van der Waals surface area contributed by atoms with E-state index in [1.54, 1.807) is 6.92 Å². The molecule has 1 atom stereocenters. The highest BCUT2D eigenvalue weighted by molar-refractivity contribution is 8.14. The Labute approximate surface area is 134 Å². The molecule has 118 valence electrons. The number of ether oxygens (including phenoxy) is 2. The Kier molecular flexibility index (Phi) is 4.57. The van der Waals surface area contributed by atoms with Crippen LogP contribution in [0.1, 0.15) is 18.9 Å². The average molecular weight is 321 g/mol. The highest BCUT2D eigenvalue weighted by Gasteiger charge is 2.30. The smallest absolute Gasteiger partial charge is 0.223 e. The number of hydrogen-bond acceptors (Lipinski definition) is 5. The molecular weight excluding hydrogens is 302 g/mol. The van der Waals surface area contributed by atoms with Gasteiger partial charge in [0.15, 0.2) is 16.6 Å². The maximum atomic E-state index is 12.0. The van der Waals surface area contributed by atoms with Crippen molar-refractivity contribution in [3.8, 4) is 11.5 Å². The molecular formula is C16H19NO4S. The number of nitrogens with zero attached hydrogens (tertiary/aromatic N) is 1. The van der Waals surface area contributed by atoms with Crippen molar-refractivity contribution in [1.29, 1.82) is 0 Å². The lowest BCUT2D eigenvalue weighted by atomic mass is 10.1. The molecule has 6 heteroatoms. The van der Waals surface area contributed by atoms with Gasteiger partial charge in [-0.05, 0) is 24.1 Å². The van der Waals surface area contributed by atoms with E-state index >= 15 is 0 Å². The van der Waals surface area contributed by atoms with Gasteiger partial charge in [-0.25, -0.2) is 0 Å². The summed E-state index contributed by atoms with van der Waals surface area (Å²) in [5, 5.41) is 0.178. The van der Waals surface area contributed by atoms with Crippen LogP contribution in [0, 0.1) is 0 Å². The number of rotatable bonds is 4. The first kappa shape index (κ1) is 15.2. The lowest BCUT2D eigenvalue weighted by molar-refractivity contribution is -0.127. The largest absolute Gasteiger partial charge is 0.486 e. The molecule has 2 aliphatic heterocycles. The molecule has 1 saturated heterocycles. The van der Waals surface area contributed by atoms with E-state index in [0.717, 1.165) is 23.5 Å². The number of thioether (sulfide) groups is 1. The van der Waals surface area contributed by atoms with E-state index in [-0.39, 0.29) is 16.3 Å². The van der Waals surface area contributed by atoms with Gasteiger partial charge in [0.05, 0.1) is 0 Å². The molecule has 0 N–H and O–H groups in total. The Morgan fingerprint density at radius 2 is 2.09 bits per heavy atom. The van der Waals surface area contributed by atoms with E-state index in [4.69, 9.17) is 9.47 Å². The van der Waals surface area contributed by atoms with E-state index in [1.165, 1.54) is 11.8 Å². The quantitative estimate of drug-likeness (QED) is 0.847. The Morgan fingerprint density at radius 3 is 2.86 bits per heavy atom. The molecule has 0 aliphatic carbocycles. The second kappa shape index (κ2) is 6.60. The molecule has 0 radical (unpaired) electrons. The van der Waals surface area contributed by atoms with Gasteiger partial charge in [0.2, 0.25) is 5.91 Å². The average Bonchev–Trinajstić information content (AvgIpc) is 2.84. The van der Waals surface area contributed by atoms with Crippen molar-refractivity contribution in [3.05, 3.63) is 23.8 Å². The first-order chi connectivity index (χ1) is 10.6. The van der Waals surface area contributed by atoms with Crippen LogP contribution in [-0.4, -0.2) is 47.5 Å². The van der Waals surface area contributed by atoms with Crippen LogP contribution in [0.3, 0.4) is 0 Å². The number of carbonyl (C=O) groups is 2. The standard InChI is InChI=1S/C16H19NO4S/c1-11(18)22-13-9-16(19)17(10-13)5-4-12-2-3-14-15(8-12)21-7-6-20-14/h2-3,8,13H,4-7,9-10H2,1H3. The number of benzene rings is 1. The summed E-state index contributed by atoms with van der Waals surface area (Å²) >= 11 is 1.27. The highest BCUT2D eigenvalue weighted by atomic mass is 32.2. The fourth-order valence-corrected chi connectivity index (χ4v) is 3.72. The van der Waals surface area contributed by atoms with E-state index in [9.17, 15) is 9.59 Å². The van der Waals surface area contributed by atoms with Crippen molar-refractivity contribution in [2.75, 3.05) is 26.3 Å². The first-order valence-electron chi connectivity index (χ1n) is 7.45. The SMILES string of the molecule is CC(=O)SC1CC(=O)N(CCc2ccc3c(c2)OCCO3)C1. The lowest BCUT2D eigenvalue weighted by Gasteiger charge is -2.20. The maximum absolute atomic E-state index is 12.0. The van der Waals surface area contributed by atoms with Gasteiger partial charge in [0.25, 0.3) is 0 Å². The predicted molar refractivity (Wildman–Crippen MR) is 84.4 cm³/mol. The fraction of sp³-hybridized carbons (Fsp3) is 0.500. The van der Waals surface area contributed by atoms with Crippen LogP contribution in [0.4, 0.5) is 0 Å². The third-order valence-electron chi connectivity index (χ3n) is 3.79. The molecule has 1 amide bonds. The maximum Gasteiger partial charge on any atom is 0.223 e. The summed E-state index contributed by atoms with van der Waals surface area (Å²) in [5.74, 6) is 1.70. The van der Waals surface area contributed by atoms with Crippen molar-refractivity contribution in [3.63, 3.8) is 0 Å². The van der Waals surface area contributed by atoms with Crippen molar-refractivity contribution >= 4 is 22.8 Å². The molecule has 1 aromatic carbocycles. The van der Waals surface area contributed by atoms with Gasteiger partial charge in [-0.2, -0.15) is 0 Å². The molecule has 0 aromatic heterocycles. The summed E-state index contributed by atoms with van der Waals surface area (Å²) in [6.07, 6.45) is 1.24. The zero-order valence-corrected chi connectivity index (χ0v) is 13.4. The number of fused-ring (bicyclic) bond motifs is 1. The number of likely N-dealkylation sites (tertiary alicyclic amines) is 1. The van der Waals surface area contributed by atoms with Crippen LogP contribution in [0.15, 0.2) is 18.2 Å². The topological polar surface area (TPSA) is 55.8 Å². The Bertz CT molecular complexity index is 590. The van der Waals surface area contributed by atoms with Crippen molar-refractivity contribution in [1.82, 2.24) is 4.90 Å². The van der Waals surface area contributed by atoms with Crippen molar-refractivity contribution in [2.45, 2.75) is 25.0 Å². The summed E-state index contributed by atoms with van der Waals surface area (Å²) < 4.78 is 11.1. The predicted octanol–water partition coefficient (Wildman–Crippen LogP) is 1.88. The molecule has 5 nitrogen and oxygen atoms in total. The minimum absolute atomic E-state index is 0.0755. The summed E-state index contributed by atoms with van der Waals surface area (Å²) in [6.45, 7) is 4.04. The first-order valence-corrected chi connectivity index (χ1v) is 8.33. The van der Waals surface area contributed by atoms with Gasteiger partial charge < -0.3 is 14.4 Å². The Hall–Kier alpha value is -1.69. The normalized spacial score (nSPS) is 20.3. The van der Waals surface area contributed by atoms with Gasteiger partial charge >= 0.3 is 0 Å². The van der Waals surface area contributed by atoms with Gasteiger partial charge in [-0.15, -0.1) is 0 Å². The zero-order chi connectivity index (χ0) is 15.5. The van der Waals surface area contributed by atoms with Crippen LogP contribution in [0.25, 0.3) is 0 Å². The molecule has 2 aliphatic rings. The third-order valence-corrected chi connectivity index (χ3v) is 4.77. The molecule has 22 heavy (non-hydrogen) atoms. The highest BCUT2D eigenvalue weighted by Crippen LogP contribution is 2.31. The van der Waals surface area contributed by atoms with E-state index in [2.05, 4.69) is 0 Å². The minimum atomic E-state index is 0.0755. The van der Waals surface area contributed by atoms with Crippen LogP contribution in [0.5, 0.6) is 11.5 Å². The third kappa shape index (κ3) is 3.55. The Morgan fingerprint density at radius 1 is 1.32 bits per heavy atom. The molecule has 1 fully saturated rings. The zero-order valence-electron chi connectivity index (χ0n) is 12.5. The molecule has 3 rings (SSSR count). The summed E-state index contributed by atoms with van der Waals surface area (Å²) in [4.78, 5) is 25.0. The van der Waals surface area contributed by atoms with Crippen molar-refractivity contribution in [2.24, 2.45) is 0 Å². The fourth-order valence-electron chi connectivity index (χ4n) is 2.77. The lowest BCUT2D eigenvalue weighted by Crippen LogP contribution is -2.28. The minimum Gasteiger partial charge on any atom is -0.486 e. The second-order valence-electron chi connectivity index (χ2n) is 5.50. The molecule has 1 aromatic rings. The summed E-state index contributed by atoms with van der Waals surface area (Å²) in [7, 11) is 0. The van der Waals surface area contributed by atoms with Gasteiger partial charge in [-0.3, -0.25) is 9.59 Å². The van der Waals surface area contributed by atoms with E-state index in [1.807, 2.05) is 23.1 Å². The Balaban J connectivity index is 1.56. The van der Waals surface area contributed by atoms with Gasteiger partial charge in [0, 0.05) is 31.7 Å². The molecule has 0 saturated carbocycles. The molecule has 2 heterocycles. The van der Waals surface area contributed by atoms with Crippen LogP contribution in [-0.2, 0) is 16.0 Å².